The van der Waals surface area contributed by atoms with Gasteiger partial charge in [0.05, 0.1) is 6.04 Å². The highest BCUT2D eigenvalue weighted by Crippen LogP contribution is 2.17. The molecule has 1 aliphatic heterocycles. The first-order valence-electron chi connectivity index (χ1n) is 6.70. The highest BCUT2D eigenvalue weighted by molar-refractivity contribution is 7.99. The second-order valence-electron chi connectivity index (χ2n) is 5.12. The number of thioether (sulfide) groups is 1. The molecule has 1 saturated carbocycles. The topological polar surface area (TPSA) is 70.1 Å². The van der Waals surface area contributed by atoms with Crippen LogP contribution in [0.2, 0.25) is 0 Å². The third-order valence-corrected chi connectivity index (χ3v) is 4.68. The number of nitrogens with zero attached hydrogens (tertiary/aromatic N) is 1. The summed E-state index contributed by atoms with van der Waals surface area (Å²) in [6.45, 7) is 1.72. The molecule has 0 radical (unpaired) electrons. The van der Waals surface area contributed by atoms with Crippen LogP contribution in [0.25, 0.3) is 0 Å². The number of carbonyl (C=O) groups is 1. The van der Waals surface area contributed by atoms with Crippen LogP contribution < -0.4 is 16.1 Å². The van der Waals surface area contributed by atoms with Crippen LogP contribution in [0.4, 0.5) is 0 Å². The maximum absolute atomic E-state index is 11.8. The van der Waals surface area contributed by atoms with Crippen molar-refractivity contribution in [2.45, 2.75) is 56.6 Å². The largest absolute Gasteiger partial charge is 0.316 e. The summed E-state index contributed by atoms with van der Waals surface area (Å²) in [6, 6.07) is 0.571. The number of nitrogens with two attached hydrogens (primary N) is 1. The minimum atomic E-state index is -0.522. The van der Waals surface area contributed by atoms with Gasteiger partial charge in [-0.25, -0.2) is 5.43 Å². The molecule has 0 spiro atoms. The average molecular weight is 271 g/mol. The fourth-order valence-corrected chi connectivity index (χ4v) is 3.22. The van der Waals surface area contributed by atoms with E-state index in [0.29, 0.717) is 11.8 Å². The van der Waals surface area contributed by atoms with E-state index in [-0.39, 0.29) is 5.91 Å². The van der Waals surface area contributed by atoms with E-state index in [2.05, 4.69) is 21.2 Å². The van der Waals surface area contributed by atoms with E-state index >= 15 is 0 Å². The Morgan fingerprint density at radius 1 is 1.33 bits per heavy atom. The Morgan fingerprint density at radius 3 is 2.56 bits per heavy atom. The summed E-state index contributed by atoms with van der Waals surface area (Å²) in [7, 11) is 0. The van der Waals surface area contributed by atoms with Crippen molar-refractivity contribution in [1.82, 2.24) is 10.7 Å². The SMILES string of the molecule is CS[C@]1([NH2+]C2CCCCCC2)NN=C(C)C(=O)N1. The van der Waals surface area contributed by atoms with Crippen LogP contribution in [0.3, 0.4) is 0 Å². The smallest absolute Gasteiger partial charge is 0.293 e. The van der Waals surface area contributed by atoms with Crippen LogP contribution in [0.5, 0.6) is 0 Å². The van der Waals surface area contributed by atoms with Gasteiger partial charge in [0, 0.05) is 0 Å². The molecule has 6 heteroatoms. The molecular weight excluding hydrogens is 248 g/mol. The number of amides is 1. The van der Waals surface area contributed by atoms with Gasteiger partial charge in [-0.05, 0) is 50.6 Å². The van der Waals surface area contributed by atoms with Gasteiger partial charge in [0.2, 0.25) is 0 Å². The van der Waals surface area contributed by atoms with Gasteiger partial charge in [-0.15, -0.1) is 0 Å². The number of quaternary nitrogens is 1. The van der Waals surface area contributed by atoms with Gasteiger partial charge in [-0.3, -0.25) is 15.4 Å². The Kier molecular flexibility index (Phi) is 4.50. The van der Waals surface area contributed by atoms with Crippen molar-refractivity contribution in [3.63, 3.8) is 0 Å². The third-order valence-electron chi connectivity index (χ3n) is 3.71. The van der Waals surface area contributed by atoms with Crippen molar-refractivity contribution < 1.29 is 10.1 Å². The second-order valence-corrected chi connectivity index (χ2v) is 6.17. The van der Waals surface area contributed by atoms with Gasteiger partial charge in [0.1, 0.15) is 5.71 Å². The van der Waals surface area contributed by atoms with Crippen molar-refractivity contribution in [2.24, 2.45) is 5.10 Å². The molecule has 0 aromatic rings. The van der Waals surface area contributed by atoms with E-state index < -0.39 is 5.12 Å². The number of hydrazone groups is 1. The summed E-state index contributed by atoms with van der Waals surface area (Å²) < 4.78 is 0. The lowest BCUT2D eigenvalue weighted by Gasteiger charge is -2.35. The monoisotopic (exact) mass is 271 g/mol. The van der Waals surface area contributed by atoms with E-state index in [1.54, 1.807) is 18.7 Å². The van der Waals surface area contributed by atoms with Crippen LogP contribution in [0.1, 0.15) is 45.4 Å². The zero-order valence-corrected chi connectivity index (χ0v) is 12.0. The highest BCUT2D eigenvalue weighted by atomic mass is 32.2. The molecule has 2 rings (SSSR count). The summed E-state index contributed by atoms with van der Waals surface area (Å²) >= 11 is 1.59. The van der Waals surface area contributed by atoms with Gasteiger partial charge in [-0.2, -0.15) is 5.10 Å². The normalized spacial score (nSPS) is 30.1. The van der Waals surface area contributed by atoms with E-state index in [1.807, 2.05) is 6.26 Å². The molecule has 0 unspecified atom stereocenters. The summed E-state index contributed by atoms with van der Waals surface area (Å²) in [4.78, 5) is 11.8. The van der Waals surface area contributed by atoms with E-state index in [9.17, 15) is 4.79 Å². The fourth-order valence-electron chi connectivity index (χ4n) is 2.56. The second kappa shape index (κ2) is 5.93. The van der Waals surface area contributed by atoms with Crippen molar-refractivity contribution in [3.8, 4) is 0 Å². The molecule has 4 N–H and O–H groups in total. The summed E-state index contributed by atoms with van der Waals surface area (Å²) in [5.41, 5.74) is 3.59. The van der Waals surface area contributed by atoms with Crippen molar-refractivity contribution in [3.05, 3.63) is 0 Å². The maximum atomic E-state index is 11.8. The lowest BCUT2D eigenvalue weighted by Crippen LogP contribution is -3.07. The first kappa shape index (κ1) is 13.7. The standard InChI is InChI=1S/C12H22N4OS/c1-9-11(17)14-12(18-2,16-15-9)13-10-7-5-3-4-6-8-10/h10,13,16H,3-8H2,1-2H3,(H,14,17)/p+1/t12-/m0/s1. The summed E-state index contributed by atoms with van der Waals surface area (Å²) in [6.07, 6.45) is 9.72. The maximum Gasteiger partial charge on any atom is 0.316 e. The number of hydrogen-bond acceptors (Lipinski definition) is 4. The molecule has 1 amide bonds. The molecule has 102 valence electrons. The minimum absolute atomic E-state index is 0.0760. The van der Waals surface area contributed by atoms with Crippen LogP contribution in [-0.4, -0.2) is 29.0 Å². The first-order chi connectivity index (χ1) is 8.65. The lowest BCUT2D eigenvalue weighted by molar-refractivity contribution is -0.743. The number of rotatable bonds is 3. The van der Waals surface area contributed by atoms with Crippen LogP contribution in [0, 0.1) is 0 Å². The van der Waals surface area contributed by atoms with Crippen LogP contribution >= 0.6 is 11.8 Å². The Hall–Kier alpha value is -0.750. The Bertz CT molecular complexity index is 339. The van der Waals surface area contributed by atoms with Crippen molar-refractivity contribution in [1.29, 1.82) is 0 Å². The quantitative estimate of drug-likeness (QED) is 0.512. The highest BCUT2D eigenvalue weighted by Gasteiger charge is 2.40. The number of nitrogens with one attached hydrogen (secondary N) is 2. The van der Waals surface area contributed by atoms with E-state index in [1.165, 1.54) is 38.5 Å². The Morgan fingerprint density at radius 2 is 2.00 bits per heavy atom. The first-order valence-corrected chi connectivity index (χ1v) is 7.93. The molecule has 0 bridgehead atoms. The molecule has 0 aromatic carbocycles. The van der Waals surface area contributed by atoms with Gasteiger partial charge < -0.3 is 0 Å². The fraction of sp³-hybridized carbons (Fsp3) is 0.833. The average Bonchev–Trinajstić information content (AvgIpc) is 2.63. The summed E-state index contributed by atoms with van der Waals surface area (Å²) in [5.74, 6) is -0.0760. The van der Waals surface area contributed by atoms with Gasteiger partial charge in [-0.1, -0.05) is 12.8 Å². The molecule has 1 fully saturated rings. The van der Waals surface area contributed by atoms with Gasteiger partial charge >= 0.3 is 5.12 Å². The molecule has 1 aliphatic carbocycles. The summed E-state index contributed by atoms with van der Waals surface area (Å²) in [5, 5.41) is 8.88. The van der Waals surface area contributed by atoms with Crippen LogP contribution in [0.15, 0.2) is 5.10 Å². The van der Waals surface area contributed by atoms with E-state index in [4.69, 9.17) is 0 Å². The van der Waals surface area contributed by atoms with E-state index in [0.717, 1.165) is 0 Å². The van der Waals surface area contributed by atoms with Crippen LogP contribution in [-0.2, 0) is 4.79 Å². The third kappa shape index (κ3) is 3.17. The van der Waals surface area contributed by atoms with Crippen molar-refractivity contribution >= 4 is 23.4 Å². The zero-order chi connectivity index (χ0) is 13.0. The Balaban J connectivity index is 2.02. The molecule has 18 heavy (non-hydrogen) atoms. The molecule has 0 saturated heterocycles. The van der Waals surface area contributed by atoms with Gasteiger partial charge in [0.15, 0.2) is 0 Å². The lowest BCUT2D eigenvalue weighted by atomic mass is 10.1. The van der Waals surface area contributed by atoms with Gasteiger partial charge in [0.25, 0.3) is 5.91 Å². The predicted octanol–water partition coefficient (Wildman–Crippen LogP) is 0.342. The molecule has 1 atom stereocenters. The molecule has 5 nitrogen and oxygen atoms in total. The predicted molar refractivity (Wildman–Crippen MR) is 74.0 cm³/mol. The number of carbonyl (C=O) groups excluding carboxylic acids is 1. The Labute approximate surface area is 113 Å². The number of hydrogen-bond donors (Lipinski definition) is 3. The zero-order valence-electron chi connectivity index (χ0n) is 11.2. The molecular formula is C12H23N4OS+. The minimum Gasteiger partial charge on any atom is -0.293 e. The molecule has 1 heterocycles. The molecule has 0 aromatic heterocycles. The van der Waals surface area contributed by atoms with Crippen molar-refractivity contribution in [2.75, 3.05) is 6.26 Å². The molecule has 2 aliphatic rings.